The molecule has 122 valence electrons. The van der Waals surface area contributed by atoms with Crippen molar-refractivity contribution >= 4 is 5.69 Å². The molecule has 0 aliphatic heterocycles. The van der Waals surface area contributed by atoms with Crippen LogP contribution in [0.5, 0.6) is 5.75 Å². The first-order valence-corrected chi connectivity index (χ1v) is 7.97. The average molecular weight is 321 g/mol. The molecule has 4 heteroatoms. The average Bonchev–Trinajstić information content (AvgIpc) is 2.64. The van der Waals surface area contributed by atoms with Gasteiger partial charge in [0.1, 0.15) is 5.75 Å². The summed E-state index contributed by atoms with van der Waals surface area (Å²) in [5, 5.41) is 10.7. The van der Waals surface area contributed by atoms with Crippen LogP contribution < -0.4 is 4.74 Å². The summed E-state index contributed by atoms with van der Waals surface area (Å²) in [6.45, 7) is 0.547. The van der Waals surface area contributed by atoms with Crippen molar-refractivity contribution in [2.24, 2.45) is 0 Å². The molecule has 0 spiro atoms. The number of nitro benzene ring substituents is 1. The number of benzene rings is 2. The van der Waals surface area contributed by atoms with Crippen LogP contribution in [-0.4, -0.2) is 11.5 Å². The fourth-order valence-corrected chi connectivity index (χ4v) is 2.99. The number of non-ortho nitro benzene ring substituents is 1. The van der Waals surface area contributed by atoms with Crippen molar-refractivity contribution in [1.29, 1.82) is 0 Å². The molecular formula is C20H19NO3. The van der Waals surface area contributed by atoms with Gasteiger partial charge in [-0.2, -0.15) is 0 Å². The van der Waals surface area contributed by atoms with E-state index in [4.69, 9.17) is 4.74 Å². The number of allylic oxidation sites excluding steroid dienone is 4. The van der Waals surface area contributed by atoms with E-state index >= 15 is 0 Å². The molecule has 0 bridgehead atoms. The van der Waals surface area contributed by atoms with Gasteiger partial charge >= 0.3 is 0 Å². The lowest BCUT2D eigenvalue weighted by Gasteiger charge is -2.32. The monoisotopic (exact) mass is 321 g/mol. The first kappa shape index (κ1) is 16.0. The first-order valence-electron chi connectivity index (χ1n) is 7.97. The van der Waals surface area contributed by atoms with Gasteiger partial charge < -0.3 is 4.74 Å². The highest BCUT2D eigenvalue weighted by Crippen LogP contribution is 2.36. The quantitative estimate of drug-likeness (QED) is 0.566. The second-order valence-corrected chi connectivity index (χ2v) is 5.86. The van der Waals surface area contributed by atoms with Crippen molar-refractivity contribution in [3.63, 3.8) is 0 Å². The van der Waals surface area contributed by atoms with Crippen LogP contribution in [0.15, 0.2) is 78.9 Å². The molecule has 0 radical (unpaired) electrons. The third-order valence-corrected chi connectivity index (χ3v) is 4.36. The predicted octanol–water partition coefficient (Wildman–Crippen LogP) is 4.82. The van der Waals surface area contributed by atoms with Crippen LogP contribution in [0.4, 0.5) is 5.69 Å². The molecule has 1 aliphatic carbocycles. The van der Waals surface area contributed by atoms with E-state index in [0.29, 0.717) is 12.4 Å². The molecule has 0 fully saturated rings. The van der Waals surface area contributed by atoms with E-state index in [9.17, 15) is 10.1 Å². The summed E-state index contributed by atoms with van der Waals surface area (Å²) in [5.74, 6) is 0.652. The van der Waals surface area contributed by atoms with Gasteiger partial charge in [0.05, 0.1) is 11.5 Å². The summed E-state index contributed by atoms with van der Waals surface area (Å²) >= 11 is 0. The van der Waals surface area contributed by atoms with E-state index in [1.54, 1.807) is 12.1 Å². The van der Waals surface area contributed by atoms with Crippen LogP contribution in [0, 0.1) is 10.1 Å². The normalized spacial score (nSPS) is 19.2. The molecule has 1 unspecified atom stereocenters. The SMILES string of the molecule is O=[N+]([O-])c1ccc(OCCC2(c3ccccc3)C=CC=CC2)cc1. The van der Waals surface area contributed by atoms with E-state index < -0.39 is 4.92 Å². The molecule has 24 heavy (non-hydrogen) atoms. The predicted molar refractivity (Wildman–Crippen MR) is 94.2 cm³/mol. The van der Waals surface area contributed by atoms with Crippen LogP contribution >= 0.6 is 0 Å². The number of nitro groups is 1. The van der Waals surface area contributed by atoms with Crippen LogP contribution in [0.25, 0.3) is 0 Å². The smallest absolute Gasteiger partial charge is 0.269 e. The zero-order chi connectivity index (χ0) is 16.8. The lowest BCUT2D eigenvalue weighted by molar-refractivity contribution is -0.384. The van der Waals surface area contributed by atoms with Gasteiger partial charge in [0.15, 0.2) is 0 Å². The van der Waals surface area contributed by atoms with E-state index in [-0.39, 0.29) is 11.1 Å². The maximum Gasteiger partial charge on any atom is 0.269 e. The highest BCUT2D eigenvalue weighted by atomic mass is 16.6. The summed E-state index contributed by atoms with van der Waals surface area (Å²) in [7, 11) is 0. The molecule has 4 nitrogen and oxygen atoms in total. The molecule has 1 aliphatic rings. The topological polar surface area (TPSA) is 52.4 Å². The number of rotatable bonds is 6. The summed E-state index contributed by atoms with van der Waals surface area (Å²) < 4.78 is 5.81. The zero-order valence-electron chi connectivity index (χ0n) is 13.3. The van der Waals surface area contributed by atoms with E-state index in [2.05, 4.69) is 48.6 Å². The molecule has 0 saturated heterocycles. The van der Waals surface area contributed by atoms with Crippen molar-refractivity contribution in [3.05, 3.63) is 94.6 Å². The van der Waals surface area contributed by atoms with Crippen molar-refractivity contribution in [3.8, 4) is 5.75 Å². The molecule has 0 aromatic heterocycles. The highest BCUT2D eigenvalue weighted by molar-refractivity contribution is 5.37. The maximum absolute atomic E-state index is 10.7. The highest BCUT2D eigenvalue weighted by Gasteiger charge is 2.29. The van der Waals surface area contributed by atoms with E-state index in [1.165, 1.54) is 17.7 Å². The molecule has 0 amide bonds. The fraction of sp³-hybridized carbons (Fsp3) is 0.200. The van der Waals surface area contributed by atoms with E-state index in [0.717, 1.165) is 12.8 Å². The Labute approximate surface area is 141 Å². The lowest BCUT2D eigenvalue weighted by atomic mass is 9.73. The first-order chi connectivity index (χ1) is 11.7. The summed E-state index contributed by atoms with van der Waals surface area (Å²) in [6.07, 6.45) is 10.4. The van der Waals surface area contributed by atoms with Gasteiger partial charge in [-0.15, -0.1) is 0 Å². The fourth-order valence-electron chi connectivity index (χ4n) is 2.99. The van der Waals surface area contributed by atoms with Gasteiger partial charge in [-0.05, 0) is 30.5 Å². The molecule has 2 aromatic rings. The molecule has 1 atom stereocenters. The number of hydrogen-bond acceptors (Lipinski definition) is 3. The summed E-state index contributed by atoms with van der Waals surface area (Å²) in [5.41, 5.74) is 1.29. The molecular weight excluding hydrogens is 302 g/mol. The summed E-state index contributed by atoms with van der Waals surface area (Å²) in [4.78, 5) is 10.3. The van der Waals surface area contributed by atoms with Crippen LogP contribution in [-0.2, 0) is 5.41 Å². The Hall–Kier alpha value is -2.88. The largest absolute Gasteiger partial charge is 0.494 e. The van der Waals surface area contributed by atoms with Crippen molar-refractivity contribution in [2.45, 2.75) is 18.3 Å². The van der Waals surface area contributed by atoms with Gasteiger partial charge in [0.25, 0.3) is 5.69 Å². The summed E-state index contributed by atoms with van der Waals surface area (Å²) in [6, 6.07) is 16.6. The van der Waals surface area contributed by atoms with Crippen molar-refractivity contribution in [1.82, 2.24) is 0 Å². The lowest BCUT2D eigenvalue weighted by Crippen LogP contribution is -2.26. The van der Waals surface area contributed by atoms with Crippen molar-refractivity contribution < 1.29 is 9.66 Å². The number of ether oxygens (including phenoxy) is 1. The van der Waals surface area contributed by atoms with Crippen LogP contribution in [0.2, 0.25) is 0 Å². The van der Waals surface area contributed by atoms with Gasteiger partial charge in [0, 0.05) is 17.5 Å². The minimum absolute atomic E-state index is 0.0587. The Morgan fingerprint density at radius 2 is 1.79 bits per heavy atom. The molecule has 3 rings (SSSR count). The Morgan fingerprint density at radius 3 is 2.42 bits per heavy atom. The minimum Gasteiger partial charge on any atom is -0.494 e. The number of nitrogens with zero attached hydrogens (tertiary/aromatic N) is 1. The number of hydrogen-bond donors (Lipinski definition) is 0. The third kappa shape index (κ3) is 3.54. The Morgan fingerprint density at radius 1 is 1.04 bits per heavy atom. The second-order valence-electron chi connectivity index (χ2n) is 5.86. The maximum atomic E-state index is 10.7. The van der Waals surface area contributed by atoms with Crippen LogP contribution in [0.1, 0.15) is 18.4 Å². The molecule has 0 saturated carbocycles. The minimum atomic E-state index is -0.409. The van der Waals surface area contributed by atoms with Gasteiger partial charge in [-0.1, -0.05) is 54.6 Å². The standard InChI is InChI=1S/C20H19NO3/c22-21(23)18-9-11-19(12-10-18)24-16-15-20(13-5-2-6-14-20)17-7-3-1-4-8-17/h1-13H,14-16H2. The van der Waals surface area contributed by atoms with Crippen molar-refractivity contribution in [2.75, 3.05) is 6.61 Å². The van der Waals surface area contributed by atoms with E-state index in [1.807, 2.05) is 6.07 Å². The molecule has 2 aromatic carbocycles. The van der Waals surface area contributed by atoms with Gasteiger partial charge in [0.2, 0.25) is 0 Å². The zero-order valence-corrected chi connectivity index (χ0v) is 13.3. The Kier molecular flexibility index (Phi) is 4.75. The Balaban J connectivity index is 1.68. The Bertz CT molecular complexity index is 750. The van der Waals surface area contributed by atoms with Gasteiger partial charge in [-0.25, -0.2) is 0 Å². The van der Waals surface area contributed by atoms with Gasteiger partial charge in [-0.3, -0.25) is 10.1 Å². The van der Waals surface area contributed by atoms with Crippen LogP contribution in [0.3, 0.4) is 0 Å². The molecule has 0 heterocycles. The molecule has 0 N–H and O–H groups in total. The third-order valence-electron chi connectivity index (χ3n) is 4.36. The second kappa shape index (κ2) is 7.13.